The van der Waals surface area contributed by atoms with Crippen LogP contribution in [0, 0.1) is 11.8 Å². The first-order valence-electron chi connectivity index (χ1n) is 7.89. The molecule has 0 aromatic heterocycles. The van der Waals surface area contributed by atoms with E-state index in [-0.39, 0.29) is 23.6 Å². The van der Waals surface area contributed by atoms with Gasteiger partial charge in [0.05, 0.1) is 0 Å². The van der Waals surface area contributed by atoms with Crippen LogP contribution in [0.25, 0.3) is 0 Å². The van der Waals surface area contributed by atoms with Crippen molar-refractivity contribution in [3.8, 4) is 0 Å². The predicted octanol–water partition coefficient (Wildman–Crippen LogP) is 0.277. The molecule has 21 heavy (non-hydrogen) atoms. The highest BCUT2D eigenvalue weighted by Gasteiger charge is 2.34. The van der Waals surface area contributed by atoms with Gasteiger partial charge in [-0.2, -0.15) is 0 Å². The van der Waals surface area contributed by atoms with Crippen molar-refractivity contribution >= 4 is 17.7 Å². The van der Waals surface area contributed by atoms with Crippen molar-refractivity contribution < 1.29 is 14.4 Å². The van der Waals surface area contributed by atoms with Gasteiger partial charge >= 0.3 is 0 Å². The SMILES string of the molecule is CC1CC(=O)N(CCCCCC(=O)NCC2CNC2)C1=O. The number of carbonyl (C=O) groups is 3. The smallest absolute Gasteiger partial charge is 0.232 e. The number of hydrogen-bond acceptors (Lipinski definition) is 4. The second-order valence-corrected chi connectivity index (χ2v) is 6.13. The Labute approximate surface area is 125 Å². The van der Waals surface area contributed by atoms with Crippen LogP contribution in [-0.2, 0) is 14.4 Å². The number of imide groups is 1. The molecule has 0 radical (unpaired) electrons. The third kappa shape index (κ3) is 4.52. The van der Waals surface area contributed by atoms with E-state index in [0.717, 1.165) is 38.9 Å². The summed E-state index contributed by atoms with van der Waals surface area (Å²) < 4.78 is 0. The van der Waals surface area contributed by atoms with Crippen LogP contribution in [0.2, 0.25) is 0 Å². The van der Waals surface area contributed by atoms with Crippen molar-refractivity contribution in [1.29, 1.82) is 0 Å². The van der Waals surface area contributed by atoms with E-state index in [1.807, 2.05) is 0 Å². The molecule has 0 aromatic carbocycles. The number of carbonyl (C=O) groups excluding carboxylic acids is 3. The Morgan fingerprint density at radius 3 is 2.62 bits per heavy atom. The number of nitrogens with one attached hydrogen (secondary N) is 2. The van der Waals surface area contributed by atoms with Gasteiger partial charge < -0.3 is 10.6 Å². The largest absolute Gasteiger partial charge is 0.356 e. The van der Waals surface area contributed by atoms with Crippen LogP contribution in [0.15, 0.2) is 0 Å². The van der Waals surface area contributed by atoms with Crippen LogP contribution in [0.4, 0.5) is 0 Å². The maximum atomic E-state index is 11.7. The topological polar surface area (TPSA) is 78.5 Å². The van der Waals surface area contributed by atoms with Gasteiger partial charge in [0.2, 0.25) is 17.7 Å². The molecule has 0 bridgehead atoms. The zero-order valence-corrected chi connectivity index (χ0v) is 12.7. The Morgan fingerprint density at radius 2 is 2.05 bits per heavy atom. The lowest BCUT2D eigenvalue weighted by Crippen LogP contribution is -2.48. The van der Waals surface area contributed by atoms with Crippen LogP contribution < -0.4 is 10.6 Å². The Bertz CT molecular complexity index is 407. The van der Waals surface area contributed by atoms with E-state index in [9.17, 15) is 14.4 Å². The zero-order valence-electron chi connectivity index (χ0n) is 12.7. The predicted molar refractivity (Wildman–Crippen MR) is 78.3 cm³/mol. The fourth-order valence-corrected chi connectivity index (χ4v) is 2.65. The molecule has 2 aliphatic heterocycles. The van der Waals surface area contributed by atoms with Crippen molar-refractivity contribution in [2.75, 3.05) is 26.2 Å². The maximum Gasteiger partial charge on any atom is 0.232 e. The highest BCUT2D eigenvalue weighted by Crippen LogP contribution is 2.19. The Morgan fingerprint density at radius 1 is 1.29 bits per heavy atom. The summed E-state index contributed by atoms with van der Waals surface area (Å²) in [6, 6.07) is 0. The molecule has 0 spiro atoms. The van der Waals surface area contributed by atoms with Gasteiger partial charge in [-0.1, -0.05) is 13.3 Å². The maximum absolute atomic E-state index is 11.7. The lowest BCUT2D eigenvalue weighted by molar-refractivity contribution is -0.139. The monoisotopic (exact) mass is 295 g/mol. The lowest BCUT2D eigenvalue weighted by Gasteiger charge is -2.27. The fourth-order valence-electron chi connectivity index (χ4n) is 2.65. The summed E-state index contributed by atoms with van der Waals surface area (Å²) in [4.78, 5) is 36.3. The number of hydrogen-bond donors (Lipinski definition) is 2. The number of amides is 3. The minimum Gasteiger partial charge on any atom is -0.356 e. The van der Waals surface area contributed by atoms with E-state index >= 15 is 0 Å². The van der Waals surface area contributed by atoms with Gasteiger partial charge in [-0.25, -0.2) is 0 Å². The second kappa shape index (κ2) is 7.54. The van der Waals surface area contributed by atoms with Gasteiger partial charge in [-0.05, 0) is 12.8 Å². The first-order valence-corrected chi connectivity index (χ1v) is 7.89. The molecule has 2 heterocycles. The van der Waals surface area contributed by atoms with E-state index in [1.165, 1.54) is 4.90 Å². The molecule has 2 N–H and O–H groups in total. The highest BCUT2D eigenvalue weighted by atomic mass is 16.2. The lowest BCUT2D eigenvalue weighted by atomic mass is 10.0. The first kappa shape index (κ1) is 15.9. The number of unbranched alkanes of at least 4 members (excludes halogenated alkanes) is 2. The normalized spacial score (nSPS) is 22.5. The summed E-state index contributed by atoms with van der Waals surface area (Å²) in [6.07, 6.45) is 3.32. The fraction of sp³-hybridized carbons (Fsp3) is 0.800. The van der Waals surface area contributed by atoms with E-state index in [0.29, 0.717) is 25.3 Å². The van der Waals surface area contributed by atoms with Gasteiger partial charge in [0.1, 0.15) is 0 Å². The van der Waals surface area contributed by atoms with E-state index < -0.39 is 0 Å². The molecule has 1 atom stereocenters. The highest BCUT2D eigenvalue weighted by molar-refractivity contribution is 6.03. The summed E-state index contributed by atoms with van der Waals surface area (Å²) in [5, 5.41) is 6.11. The second-order valence-electron chi connectivity index (χ2n) is 6.13. The molecule has 0 aromatic rings. The molecule has 118 valence electrons. The zero-order chi connectivity index (χ0) is 15.2. The van der Waals surface area contributed by atoms with Crippen molar-refractivity contribution in [3.63, 3.8) is 0 Å². The molecule has 6 nitrogen and oxygen atoms in total. The summed E-state index contributed by atoms with van der Waals surface area (Å²) >= 11 is 0. The van der Waals surface area contributed by atoms with Crippen LogP contribution in [0.3, 0.4) is 0 Å². The van der Waals surface area contributed by atoms with Gasteiger partial charge in [-0.3, -0.25) is 19.3 Å². The molecule has 2 rings (SSSR count). The van der Waals surface area contributed by atoms with Crippen LogP contribution in [0.5, 0.6) is 0 Å². The van der Waals surface area contributed by atoms with Gasteiger partial charge in [0, 0.05) is 50.9 Å². The van der Waals surface area contributed by atoms with Crippen molar-refractivity contribution in [3.05, 3.63) is 0 Å². The Hall–Kier alpha value is -1.43. The van der Waals surface area contributed by atoms with Crippen molar-refractivity contribution in [1.82, 2.24) is 15.5 Å². The molecule has 2 saturated heterocycles. The number of likely N-dealkylation sites (tertiary alicyclic amines) is 1. The van der Waals surface area contributed by atoms with Crippen molar-refractivity contribution in [2.24, 2.45) is 11.8 Å². The molecule has 0 aliphatic carbocycles. The average molecular weight is 295 g/mol. The summed E-state index contributed by atoms with van der Waals surface area (Å²) in [5.41, 5.74) is 0. The molecule has 1 unspecified atom stereocenters. The summed E-state index contributed by atoms with van der Waals surface area (Å²) in [6.45, 7) is 5.05. The molecular weight excluding hydrogens is 270 g/mol. The number of rotatable bonds is 8. The minimum atomic E-state index is -0.163. The van der Waals surface area contributed by atoms with E-state index in [1.54, 1.807) is 6.92 Å². The summed E-state index contributed by atoms with van der Waals surface area (Å²) in [7, 11) is 0. The molecule has 0 saturated carbocycles. The molecule has 3 amide bonds. The average Bonchev–Trinajstić information content (AvgIpc) is 2.62. The Kier molecular flexibility index (Phi) is 5.73. The van der Waals surface area contributed by atoms with Crippen LogP contribution in [0.1, 0.15) is 39.0 Å². The molecular formula is C15H25N3O3. The standard InChI is InChI=1S/C15H25N3O3/c1-11-7-14(20)18(15(11)21)6-4-2-3-5-13(19)17-10-12-8-16-9-12/h11-12,16H,2-10H2,1H3,(H,17,19). The van der Waals surface area contributed by atoms with Crippen LogP contribution in [-0.4, -0.2) is 48.8 Å². The van der Waals surface area contributed by atoms with E-state index in [2.05, 4.69) is 10.6 Å². The van der Waals surface area contributed by atoms with Gasteiger partial charge in [-0.15, -0.1) is 0 Å². The Balaban J connectivity index is 1.50. The first-order chi connectivity index (χ1) is 10.1. The third-order valence-corrected chi connectivity index (χ3v) is 4.21. The van der Waals surface area contributed by atoms with Crippen LogP contribution >= 0.6 is 0 Å². The number of nitrogens with zero attached hydrogens (tertiary/aromatic N) is 1. The molecule has 2 aliphatic rings. The van der Waals surface area contributed by atoms with Crippen molar-refractivity contribution in [2.45, 2.75) is 39.0 Å². The van der Waals surface area contributed by atoms with Gasteiger partial charge in [0.25, 0.3) is 0 Å². The quantitative estimate of drug-likeness (QED) is 0.498. The van der Waals surface area contributed by atoms with E-state index in [4.69, 9.17) is 0 Å². The molecule has 2 fully saturated rings. The third-order valence-electron chi connectivity index (χ3n) is 4.21. The minimum absolute atomic E-state index is 0.0492. The molecule has 6 heteroatoms. The summed E-state index contributed by atoms with van der Waals surface area (Å²) in [5.74, 6) is 0.419. The van der Waals surface area contributed by atoms with Gasteiger partial charge in [0.15, 0.2) is 0 Å².